The van der Waals surface area contributed by atoms with Gasteiger partial charge in [0, 0.05) is 155 Å². The van der Waals surface area contributed by atoms with Crippen LogP contribution in [0.25, 0.3) is 17.2 Å². The second kappa shape index (κ2) is 53.0. The first-order valence-electron chi connectivity index (χ1n) is 39.0. The van der Waals surface area contributed by atoms with Gasteiger partial charge >= 0.3 is 101 Å². The van der Waals surface area contributed by atoms with E-state index in [-0.39, 0.29) is 148 Å². The first-order valence-corrected chi connectivity index (χ1v) is 45.3. The SMILES string of the molecule is Brc1cccc2c1CC=C2.C.C.C.COC(=O)C1(N)Cc2cccc(Br)c2C1.N#CBr.NC1(CO)Cc2cccc(Br)c2C1.NC1=NC2(CO1)Cc1cccc(-c3cncnc3)c1C2.NC1=NC2(CO1)Cc1cccc(Br)c1C2.O=C1CCc2c(Br)cccc21.O=C1Cc2cccc(Br)c2C1.O=C1NC(=O)C2(Cc3cccc(Br)c3C2)N1.O[B]Oc1cncnc1.[B].[C-]#N.[H-].[K+].[Na+]. The van der Waals surface area contributed by atoms with Gasteiger partial charge in [-0.15, -0.1) is 0 Å². The van der Waals surface area contributed by atoms with Crippen molar-refractivity contribution in [1.82, 2.24) is 30.6 Å². The second-order valence-corrected chi connectivity index (χ2v) is 37.0. The van der Waals surface area contributed by atoms with Crippen molar-refractivity contribution in [3.05, 3.63) is 316 Å². The van der Waals surface area contributed by atoms with Crippen molar-refractivity contribution in [3.63, 3.8) is 0 Å². The van der Waals surface area contributed by atoms with E-state index in [0.29, 0.717) is 89.4 Å². The quantitative estimate of drug-likeness (QED) is 0.0343. The molecule has 5 atom stereocenters. The predicted molar refractivity (Wildman–Crippen MR) is 531 cm³/mol. The average Bonchev–Trinajstić information content (AvgIpc) is 1.59. The molecule has 21 rings (SSSR count). The molecule has 2 aromatic heterocycles. The number of ketones is 2. The van der Waals surface area contributed by atoms with Gasteiger partial charge in [-0.05, 0) is 157 Å². The molecule has 25 nitrogen and oxygen atoms in total. The molecule has 37 heteroatoms. The topological polar surface area (TPSA) is 415 Å². The van der Waals surface area contributed by atoms with E-state index in [9.17, 15) is 24.0 Å². The van der Waals surface area contributed by atoms with Crippen LogP contribution < -0.4 is 119 Å². The fourth-order valence-electron chi connectivity index (χ4n) is 16.4. The van der Waals surface area contributed by atoms with Gasteiger partial charge in [0.05, 0.1) is 26.1 Å². The van der Waals surface area contributed by atoms with Crippen molar-refractivity contribution < 1.29 is 135 Å². The van der Waals surface area contributed by atoms with E-state index in [2.05, 4.69) is 245 Å². The number of carbonyl (C=O) groups excluding carboxylic acids is 5. The van der Waals surface area contributed by atoms with Crippen LogP contribution >= 0.6 is 127 Å². The third-order valence-corrected chi connectivity index (χ3v) is 27.4. The number of hydrogen-bond donors (Lipinski definition) is 8. The monoisotopic (exact) mass is 2310 g/mol. The number of ether oxygens (including phenoxy) is 3. The molecule has 12 N–H and O–H groups in total. The summed E-state index contributed by atoms with van der Waals surface area (Å²) < 4.78 is 27.5. The van der Waals surface area contributed by atoms with Crippen molar-refractivity contribution >= 4 is 191 Å². The maximum atomic E-state index is 11.8. The Labute approximate surface area is 900 Å². The van der Waals surface area contributed by atoms with Gasteiger partial charge in [-0.1, -0.05) is 249 Å². The molecule has 5 heterocycles. The minimum absolute atomic E-state index is 0. The summed E-state index contributed by atoms with van der Waals surface area (Å²) >= 11 is 26.8. The summed E-state index contributed by atoms with van der Waals surface area (Å²) in [6, 6.07) is 48.8. The number of nitriles is 1. The summed E-state index contributed by atoms with van der Waals surface area (Å²) in [6.45, 7) is 5.98. The molecule has 672 valence electrons. The van der Waals surface area contributed by atoms with Gasteiger partial charge < -0.3 is 70.5 Å². The molecule has 8 aromatic carbocycles. The number of urea groups is 1. The van der Waals surface area contributed by atoms with Crippen molar-refractivity contribution in [1.29, 1.82) is 10.5 Å². The van der Waals surface area contributed by atoms with Crippen molar-refractivity contribution in [2.45, 2.75) is 146 Å². The number of halogens is 8. The predicted octanol–water partition coefficient (Wildman–Crippen LogP) is 10.4. The van der Waals surface area contributed by atoms with E-state index in [1.54, 1.807) is 11.3 Å². The number of esters is 1. The number of aromatic nitrogens is 4. The minimum atomic E-state index is -0.888. The molecule has 1 fully saturated rings. The number of nitrogens with one attached hydrogen (secondary N) is 2. The van der Waals surface area contributed by atoms with Gasteiger partial charge in [-0.2, -0.15) is 5.26 Å². The molecule has 3 amide bonds. The molecule has 4 radical (unpaired) electrons. The number of fused-ring (bicyclic) bond motifs is 8. The van der Waals surface area contributed by atoms with Crippen molar-refractivity contribution in [2.75, 3.05) is 26.9 Å². The fraction of sp³-hybridized carbons (Fsp3) is 0.287. The number of aliphatic imine (C=N–C) groups is 2. The summed E-state index contributed by atoms with van der Waals surface area (Å²) in [7, 11) is 1.95. The Hall–Kier alpha value is -6.82. The van der Waals surface area contributed by atoms with Gasteiger partial charge in [0.2, 0.25) is 0 Å². The molecule has 1 saturated heterocycles. The van der Waals surface area contributed by atoms with Gasteiger partial charge in [0.25, 0.3) is 18.0 Å². The number of imide groups is 1. The molecule has 10 aromatic rings. The number of amidine groups is 2. The molecular formula is C94H96B2Br8KN14NaO11. The normalized spacial score (nSPS) is 19.6. The van der Waals surface area contributed by atoms with E-state index < -0.39 is 22.6 Å². The standard InChI is InChI=1S/C15H14N4O.C11H9BrN2O2.C11H11BrN2O.C11H12BrNO2.C10H12BrNO.2C9H7BrO.C9H7Br.C4H4BN2O2.CBrN.CN.3CH4.B.K.Na.H/c16-14-19-15(8-20-14)4-10-2-1-3-12(13(10)5-15)11-6-17-9-18-7-11;12-8-3-1-2-6-4-11(5-7(6)8)9(15)13-10(16)14-11;12-9-3-1-2-7-4-11(5-8(7)9)6-15-10(13)14-11;1-15-10(14)11(13)5-7-3-2-4-9(12)8(7)6-11;11-9-3-1-2-7-4-10(12,6-13)5-8(7)9;10-9-3-1-2-6-4-7(11)5-8(6)9;10-8-3-1-2-7-6(8)4-5-9(7)11;10-9-6-2-4-7-3-1-5-8(7)9;8-5-9-4-1-6-3-7-2-4;2-1-3;1-2;;;;;;;/h1-3,6-7,9H,4-5,8H2,(H2,16,19);1-3H,4-5H2,(H2,13,14,15,16);1-3H,4-6H2,(H2,13,14);2-4H,5-6,13H2,1H3;1-3,13H,4-6,12H2;2*1-3H,4-5H2;1-4,6H,5H2;1-3,8H;;;3*1H4;;;;/q;;;;;;;;;;-1;;;;;2*+1;-1. The Kier molecular flexibility index (Phi) is 46.4. The number of Topliss-reactive ketones (excluding diaryl/α,β-unsaturated/α-hetero) is 2. The Bertz CT molecular complexity index is 5870. The van der Waals surface area contributed by atoms with Crippen LogP contribution in [0, 0.1) is 22.1 Å². The molecule has 0 saturated carbocycles. The number of nitrogens with zero attached hydrogens (tertiary/aromatic N) is 8. The van der Waals surface area contributed by atoms with Crippen LogP contribution in [0.3, 0.4) is 0 Å². The number of methoxy groups -OCH3 is 1. The Morgan fingerprint density at radius 3 is 1.44 bits per heavy atom. The van der Waals surface area contributed by atoms with Crippen LogP contribution in [-0.2, 0) is 118 Å². The smallest absolute Gasteiger partial charge is 1.00 e. The van der Waals surface area contributed by atoms with Crippen LogP contribution in [0.4, 0.5) is 4.79 Å². The largest absolute Gasteiger partial charge is 1.00 e. The molecule has 0 bridgehead atoms. The summed E-state index contributed by atoms with van der Waals surface area (Å²) in [5.74, 6) is 0.458. The fourth-order valence-corrected chi connectivity index (χ4v) is 20.3. The van der Waals surface area contributed by atoms with Gasteiger partial charge in [-0.3, -0.25) is 24.5 Å². The summed E-state index contributed by atoms with van der Waals surface area (Å²) in [5, 5.41) is 35.8. The first-order chi connectivity index (χ1) is 60.0. The number of nitrogens with two attached hydrogens (primary N) is 4. The van der Waals surface area contributed by atoms with E-state index in [4.69, 9.17) is 64.4 Å². The van der Waals surface area contributed by atoms with Crippen LogP contribution in [0.2, 0.25) is 0 Å². The molecule has 5 unspecified atom stereocenters. The van der Waals surface area contributed by atoms with Crippen LogP contribution in [0.15, 0.2) is 230 Å². The number of allylic oxidation sites excluding steroid dienone is 1. The number of amides is 3. The second-order valence-electron chi connectivity index (χ2n) is 30.7. The third-order valence-electron chi connectivity index (χ3n) is 22.2. The first kappa shape index (κ1) is 115. The summed E-state index contributed by atoms with van der Waals surface area (Å²) in [5.41, 5.74) is 42.6. The average molecular weight is 2320 g/mol. The van der Waals surface area contributed by atoms with Crippen molar-refractivity contribution in [2.24, 2.45) is 32.9 Å². The van der Waals surface area contributed by atoms with Crippen molar-refractivity contribution in [3.8, 4) is 21.9 Å². The van der Waals surface area contributed by atoms with Gasteiger partial charge in [0.1, 0.15) is 64.5 Å². The molecule has 3 aliphatic heterocycles. The number of carbonyl (C=O) groups is 5. The van der Waals surface area contributed by atoms with Crippen LogP contribution in [-0.4, -0.2) is 142 Å². The summed E-state index contributed by atoms with van der Waals surface area (Å²) in [4.78, 5) is 82.7. The molecular weight excluding hydrogens is 2220 g/mol. The maximum absolute atomic E-state index is 11.8. The Morgan fingerprint density at radius 1 is 0.557 bits per heavy atom. The number of aliphatic hydroxyl groups is 1. The Morgan fingerprint density at radius 2 is 0.985 bits per heavy atom. The van der Waals surface area contributed by atoms with E-state index in [1.807, 2.05) is 97.3 Å². The molecule has 8 aliphatic carbocycles. The van der Waals surface area contributed by atoms with E-state index in [0.717, 1.165) is 112 Å². The Balaban J connectivity index is 0.000000309. The van der Waals surface area contributed by atoms with Crippen LogP contribution in [0.1, 0.15) is 124 Å². The minimum Gasteiger partial charge on any atom is -1.00 e. The maximum Gasteiger partial charge on any atom is 1.00 e. The molecule has 11 aliphatic rings. The number of benzene rings is 8. The van der Waals surface area contributed by atoms with Crippen LogP contribution in [0.5, 0.6) is 5.75 Å². The zero-order valence-electron chi connectivity index (χ0n) is 70.8. The van der Waals surface area contributed by atoms with Gasteiger partial charge in [0.15, 0.2) is 5.78 Å². The van der Waals surface area contributed by atoms with E-state index in [1.165, 1.54) is 97.1 Å². The number of aliphatic hydroxyl groups excluding tert-OH is 1. The zero-order chi connectivity index (χ0) is 89.8. The molecule has 3 spiro atoms. The van der Waals surface area contributed by atoms with E-state index >= 15 is 0 Å². The molecule has 131 heavy (non-hydrogen) atoms. The third kappa shape index (κ3) is 29.1. The number of hydrogen-bond acceptors (Lipinski definition) is 23. The zero-order valence-corrected chi connectivity index (χ0v) is 87.6. The number of rotatable bonds is 5. The summed E-state index contributed by atoms with van der Waals surface area (Å²) in [6.07, 6.45) is 25.1. The van der Waals surface area contributed by atoms with Gasteiger partial charge in [-0.25, -0.2) is 34.7 Å².